The van der Waals surface area contributed by atoms with Crippen molar-refractivity contribution in [2.75, 3.05) is 33.2 Å². The lowest BCUT2D eigenvalue weighted by molar-refractivity contribution is -0.245. The first-order valence-electron chi connectivity index (χ1n) is 10.2. The van der Waals surface area contributed by atoms with Gasteiger partial charge in [-0.3, -0.25) is 14.4 Å². The van der Waals surface area contributed by atoms with E-state index in [1.165, 1.54) is 7.05 Å². The molecule has 14 heteroatoms. The van der Waals surface area contributed by atoms with Crippen molar-refractivity contribution in [3.05, 3.63) is 62.8 Å². The molecule has 1 aliphatic rings. The van der Waals surface area contributed by atoms with Gasteiger partial charge in [0.2, 0.25) is 5.43 Å². The molecule has 2 N–H and O–H groups in total. The Kier molecular flexibility index (Phi) is 7.55. The number of pyridine rings is 1. The Hall–Kier alpha value is -3.39. The van der Waals surface area contributed by atoms with Gasteiger partial charge in [0.15, 0.2) is 12.0 Å². The summed E-state index contributed by atoms with van der Waals surface area (Å²) in [6.07, 6.45) is -3.81. The van der Waals surface area contributed by atoms with Crippen LogP contribution >= 0.6 is 0 Å². The van der Waals surface area contributed by atoms with Gasteiger partial charge < -0.3 is 19.9 Å². The number of nitrogens with one attached hydrogen (secondary N) is 1. The van der Waals surface area contributed by atoms with Gasteiger partial charge in [-0.05, 0) is 7.05 Å². The molecule has 190 valence electrons. The number of amides is 1. The minimum Gasteiger partial charge on any atom is -0.503 e. The molecule has 35 heavy (non-hydrogen) atoms. The van der Waals surface area contributed by atoms with E-state index in [2.05, 4.69) is 5.32 Å². The highest BCUT2D eigenvalue weighted by Gasteiger charge is 2.40. The Balaban J connectivity index is 1.98. The summed E-state index contributed by atoms with van der Waals surface area (Å²) < 4.78 is 81.9. The molecule has 1 saturated heterocycles. The molecule has 2 aromatic rings. The van der Waals surface area contributed by atoms with Gasteiger partial charge in [0.1, 0.15) is 28.7 Å². The second-order valence-corrected chi connectivity index (χ2v) is 7.99. The third-order valence-corrected chi connectivity index (χ3v) is 5.59. The van der Waals surface area contributed by atoms with Gasteiger partial charge >= 0.3 is 6.30 Å². The van der Waals surface area contributed by atoms with E-state index in [4.69, 9.17) is 0 Å². The number of halogens is 6. The van der Waals surface area contributed by atoms with Crippen LogP contribution in [0.25, 0.3) is 0 Å². The fourth-order valence-electron chi connectivity index (χ4n) is 3.77. The average Bonchev–Trinajstić information content (AvgIpc) is 2.96. The van der Waals surface area contributed by atoms with Crippen molar-refractivity contribution in [3.8, 4) is 5.75 Å². The molecule has 3 rings (SSSR count). The number of carbonyl (C=O) groups is 2. The van der Waals surface area contributed by atoms with Gasteiger partial charge in [-0.15, -0.1) is 0 Å². The molecular weight excluding hydrogens is 486 g/mol. The lowest BCUT2D eigenvalue weighted by Crippen LogP contribution is -2.42. The second kappa shape index (κ2) is 10.1. The lowest BCUT2D eigenvalue weighted by Gasteiger charge is -2.28. The number of aldehydes is 1. The number of aromatic hydroxyl groups is 1. The predicted octanol–water partition coefficient (Wildman–Crippen LogP) is 2.02. The van der Waals surface area contributed by atoms with E-state index >= 15 is 0 Å². The van der Waals surface area contributed by atoms with E-state index < -0.39 is 76.8 Å². The van der Waals surface area contributed by atoms with Crippen molar-refractivity contribution in [2.24, 2.45) is 0 Å². The molecule has 0 aliphatic carbocycles. The molecule has 1 aromatic heterocycles. The number of hydrogen-bond acceptors (Lipinski definition) is 6. The standard InChI is InChI=1S/C21H20F6N4O4/c1-29-2-3-30(21(25,26)27)8-12(7-29)31-9-14(18(33)19(34)17(31)10-32)20(35)28-6-13-15(23)4-11(22)5-16(13)24/h4-5,9-10,12,34H,2-3,6-8H2,1H3,(H,28,35). The molecule has 1 aliphatic heterocycles. The third-order valence-electron chi connectivity index (χ3n) is 5.59. The van der Waals surface area contributed by atoms with Gasteiger partial charge in [0.25, 0.3) is 5.91 Å². The van der Waals surface area contributed by atoms with Gasteiger partial charge in [0.05, 0.1) is 6.04 Å². The van der Waals surface area contributed by atoms with E-state index in [0.29, 0.717) is 12.1 Å². The molecule has 1 aromatic carbocycles. The molecule has 8 nitrogen and oxygen atoms in total. The summed E-state index contributed by atoms with van der Waals surface area (Å²) in [7, 11) is 1.54. The Morgan fingerprint density at radius 2 is 1.80 bits per heavy atom. The Morgan fingerprint density at radius 1 is 1.17 bits per heavy atom. The van der Waals surface area contributed by atoms with Gasteiger partial charge in [0, 0.05) is 56.6 Å². The van der Waals surface area contributed by atoms with Crippen LogP contribution < -0.4 is 10.7 Å². The SMILES string of the molecule is CN1CCN(C(F)(F)F)CC(n2cc(C(=O)NCc3c(F)cc(F)cc3F)c(=O)c(O)c2C=O)C1. The number of hydrogen-bond donors (Lipinski definition) is 2. The van der Waals surface area contributed by atoms with Crippen LogP contribution in [-0.2, 0) is 6.54 Å². The van der Waals surface area contributed by atoms with E-state index in [9.17, 15) is 45.8 Å². The average molecular weight is 506 g/mol. The fourth-order valence-corrected chi connectivity index (χ4v) is 3.77. The summed E-state index contributed by atoms with van der Waals surface area (Å²) in [4.78, 5) is 38.5. The van der Waals surface area contributed by atoms with E-state index in [1.54, 1.807) is 4.90 Å². The highest BCUT2D eigenvalue weighted by atomic mass is 19.4. The number of rotatable bonds is 5. The fraction of sp³-hybridized carbons (Fsp3) is 0.381. The molecule has 1 amide bonds. The van der Waals surface area contributed by atoms with Crippen LogP contribution in [0.5, 0.6) is 5.75 Å². The first-order chi connectivity index (χ1) is 16.3. The first kappa shape index (κ1) is 26.2. The summed E-state index contributed by atoms with van der Waals surface area (Å²) in [5, 5.41) is 12.3. The topological polar surface area (TPSA) is 94.9 Å². The molecule has 0 radical (unpaired) electrons. The minimum atomic E-state index is -4.70. The number of aromatic nitrogens is 1. The lowest BCUT2D eigenvalue weighted by atomic mass is 10.1. The van der Waals surface area contributed by atoms with Crippen molar-refractivity contribution in [1.29, 1.82) is 0 Å². The maximum atomic E-state index is 13.8. The van der Waals surface area contributed by atoms with Crippen LogP contribution in [0.4, 0.5) is 26.3 Å². The van der Waals surface area contributed by atoms with Crippen LogP contribution in [0.1, 0.15) is 32.5 Å². The highest BCUT2D eigenvalue weighted by molar-refractivity contribution is 5.95. The third kappa shape index (κ3) is 5.65. The summed E-state index contributed by atoms with van der Waals surface area (Å²) in [6, 6.07) is -0.344. The maximum Gasteiger partial charge on any atom is 0.460 e. The molecule has 0 bridgehead atoms. The van der Waals surface area contributed by atoms with E-state index in [0.717, 1.165) is 10.8 Å². The zero-order valence-electron chi connectivity index (χ0n) is 18.2. The first-order valence-corrected chi connectivity index (χ1v) is 10.2. The van der Waals surface area contributed by atoms with E-state index in [1.807, 2.05) is 0 Å². The molecule has 0 spiro atoms. The monoisotopic (exact) mass is 506 g/mol. The largest absolute Gasteiger partial charge is 0.503 e. The quantitative estimate of drug-likeness (QED) is 0.366. The van der Waals surface area contributed by atoms with Crippen molar-refractivity contribution in [2.45, 2.75) is 18.9 Å². The van der Waals surface area contributed by atoms with Crippen LogP contribution in [0.3, 0.4) is 0 Å². The molecule has 1 unspecified atom stereocenters. The van der Waals surface area contributed by atoms with Gasteiger partial charge in [-0.1, -0.05) is 0 Å². The number of likely N-dealkylation sites (N-methyl/N-ethyl adjacent to an activating group) is 1. The summed E-state index contributed by atoms with van der Waals surface area (Å²) in [5.74, 6) is -6.18. The molecular formula is C21H20F6N4O4. The van der Waals surface area contributed by atoms with Crippen molar-refractivity contribution < 1.29 is 41.0 Å². The summed E-state index contributed by atoms with van der Waals surface area (Å²) in [6.45, 7) is -1.82. The summed E-state index contributed by atoms with van der Waals surface area (Å²) >= 11 is 0. The maximum absolute atomic E-state index is 13.8. The number of alkyl halides is 3. The van der Waals surface area contributed by atoms with Crippen molar-refractivity contribution in [1.82, 2.24) is 19.7 Å². The number of nitrogens with zero attached hydrogens (tertiary/aromatic N) is 3. The van der Waals surface area contributed by atoms with Crippen LogP contribution in [0, 0.1) is 17.5 Å². The smallest absolute Gasteiger partial charge is 0.460 e. The molecule has 1 fully saturated rings. The molecule has 0 saturated carbocycles. The highest BCUT2D eigenvalue weighted by Crippen LogP contribution is 2.27. The van der Waals surface area contributed by atoms with Crippen LogP contribution in [0.15, 0.2) is 23.1 Å². The normalized spacial score (nSPS) is 17.7. The zero-order chi connectivity index (χ0) is 26.1. The number of benzene rings is 1. The van der Waals surface area contributed by atoms with Gasteiger partial charge in [-0.25, -0.2) is 18.1 Å². The molecule has 1 atom stereocenters. The Labute approximate surface area is 194 Å². The number of carbonyl (C=O) groups excluding carboxylic acids is 2. The minimum absolute atomic E-state index is 0.0250. The van der Waals surface area contributed by atoms with Crippen LogP contribution in [-0.4, -0.2) is 71.2 Å². The van der Waals surface area contributed by atoms with Crippen molar-refractivity contribution in [3.63, 3.8) is 0 Å². The zero-order valence-corrected chi connectivity index (χ0v) is 18.2. The van der Waals surface area contributed by atoms with Crippen molar-refractivity contribution >= 4 is 12.2 Å². The second-order valence-electron chi connectivity index (χ2n) is 7.99. The summed E-state index contributed by atoms with van der Waals surface area (Å²) in [5.41, 5.74) is -3.43. The van der Waals surface area contributed by atoms with Crippen LogP contribution in [0.2, 0.25) is 0 Å². The van der Waals surface area contributed by atoms with Gasteiger partial charge in [-0.2, -0.15) is 13.2 Å². The Morgan fingerprint density at radius 3 is 2.37 bits per heavy atom. The Bertz CT molecular complexity index is 1180. The van der Waals surface area contributed by atoms with E-state index in [-0.39, 0.29) is 30.8 Å². The predicted molar refractivity (Wildman–Crippen MR) is 109 cm³/mol. The molecule has 2 heterocycles.